The second-order valence-corrected chi connectivity index (χ2v) is 6.44. The predicted octanol–water partition coefficient (Wildman–Crippen LogP) is 1.85. The van der Waals surface area contributed by atoms with Crippen LogP contribution >= 0.6 is 0 Å². The first-order chi connectivity index (χ1) is 12.0. The van der Waals surface area contributed by atoms with E-state index in [2.05, 4.69) is 26.5 Å². The first-order valence-corrected chi connectivity index (χ1v) is 8.48. The first kappa shape index (κ1) is 16.0. The summed E-state index contributed by atoms with van der Waals surface area (Å²) in [5.74, 6) is 0.650. The topological polar surface area (TPSA) is 56.0 Å². The molecule has 0 spiro atoms. The maximum absolute atomic E-state index is 13.5. The molecule has 4 rings (SSSR count). The van der Waals surface area contributed by atoms with Gasteiger partial charge in [-0.3, -0.25) is 9.69 Å². The molecule has 2 aromatic heterocycles. The number of fused-ring (bicyclic) bond motifs is 2. The predicted molar refractivity (Wildman–Crippen MR) is 92.7 cm³/mol. The van der Waals surface area contributed by atoms with Crippen molar-refractivity contribution in [2.45, 2.75) is 33.0 Å². The highest BCUT2D eigenvalue weighted by Crippen LogP contribution is 2.21. The Bertz CT molecular complexity index is 1010. The molecule has 0 amide bonds. The Labute approximate surface area is 144 Å². The fourth-order valence-electron chi connectivity index (χ4n) is 3.51. The summed E-state index contributed by atoms with van der Waals surface area (Å²) < 4.78 is 17.0. The van der Waals surface area contributed by atoms with Gasteiger partial charge in [0, 0.05) is 45.2 Å². The first-order valence-electron chi connectivity index (χ1n) is 8.48. The largest absolute Gasteiger partial charge is 0.327 e. The van der Waals surface area contributed by atoms with Crippen LogP contribution in [0.5, 0.6) is 0 Å². The maximum atomic E-state index is 13.5. The summed E-state index contributed by atoms with van der Waals surface area (Å²) in [6.45, 7) is 5.05. The summed E-state index contributed by atoms with van der Waals surface area (Å²) in [6, 6.07) is 6.40. The van der Waals surface area contributed by atoms with Gasteiger partial charge in [-0.1, -0.05) is 0 Å². The second kappa shape index (κ2) is 6.07. The molecule has 130 valence electrons. The molecule has 0 atom stereocenters. The molecule has 0 saturated carbocycles. The van der Waals surface area contributed by atoms with E-state index >= 15 is 0 Å². The maximum Gasteiger partial charge on any atom is 0.266 e. The zero-order valence-electron chi connectivity index (χ0n) is 14.4. The zero-order valence-corrected chi connectivity index (χ0v) is 14.4. The molecule has 1 aliphatic rings. The van der Waals surface area contributed by atoms with Gasteiger partial charge in [0.2, 0.25) is 0 Å². The summed E-state index contributed by atoms with van der Waals surface area (Å²) in [7, 11) is 1.68. The van der Waals surface area contributed by atoms with E-state index in [9.17, 15) is 9.18 Å². The molecule has 0 radical (unpaired) electrons. The van der Waals surface area contributed by atoms with Crippen molar-refractivity contribution in [3.63, 3.8) is 0 Å². The highest BCUT2D eigenvalue weighted by Gasteiger charge is 2.21. The number of aromatic nitrogens is 4. The molecule has 3 aromatic rings. The number of rotatable bonds is 3. The summed E-state index contributed by atoms with van der Waals surface area (Å²) >= 11 is 0. The minimum atomic E-state index is -0.270. The van der Waals surface area contributed by atoms with Gasteiger partial charge in [-0.2, -0.15) is 5.10 Å². The standard InChI is InChI=1S/C18H20FN5O/c1-3-24-16-5-4-13(19)9-15(16)20-17(24)11-23-7-6-14-12(10-23)8-18(25)22(2)21-14/h4-5,8-9H,3,6-7,10-11H2,1-2H3. The number of aryl methyl sites for hydroxylation is 2. The molecule has 1 aliphatic heterocycles. The summed E-state index contributed by atoms with van der Waals surface area (Å²) in [5.41, 5.74) is 3.53. The lowest BCUT2D eigenvalue weighted by atomic mass is 10.1. The van der Waals surface area contributed by atoms with E-state index in [0.717, 1.165) is 42.1 Å². The Morgan fingerprint density at radius 1 is 1.28 bits per heavy atom. The van der Waals surface area contributed by atoms with Crippen LogP contribution in [0.25, 0.3) is 11.0 Å². The Kier molecular flexibility index (Phi) is 3.88. The van der Waals surface area contributed by atoms with Crippen molar-refractivity contribution in [3.05, 3.63) is 57.5 Å². The monoisotopic (exact) mass is 341 g/mol. The molecular formula is C18H20FN5O. The Balaban J connectivity index is 1.63. The molecule has 7 heteroatoms. The third-order valence-corrected chi connectivity index (χ3v) is 4.79. The van der Waals surface area contributed by atoms with Crippen molar-refractivity contribution in [2.24, 2.45) is 7.05 Å². The molecule has 25 heavy (non-hydrogen) atoms. The highest BCUT2D eigenvalue weighted by molar-refractivity contribution is 5.76. The Morgan fingerprint density at radius 3 is 2.92 bits per heavy atom. The fourth-order valence-corrected chi connectivity index (χ4v) is 3.51. The number of halogens is 1. The average molecular weight is 341 g/mol. The number of benzene rings is 1. The van der Waals surface area contributed by atoms with Gasteiger partial charge in [-0.25, -0.2) is 14.1 Å². The minimum absolute atomic E-state index is 0.0862. The van der Waals surface area contributed by atoms with E-state index in [1.165, 1.54) is 16.8 Å². The lowest BCUT2D eigenvalue weighted by molar-refractivity contribution is 0.233. The second-order valence-electron chi connectivity index (χ2n) is 6.44. The quantitative estimate of drug-likeness (QED) is 0.730. The van der Waals surface area contributed by atoms with Gasteiger partial charge in [0.25, 0.3) is 5.56 Å². The minimum Gasteiger partial charge on any atom is -0.327 e. The van der Waals surface area contributed by atoms with Gasteiger partial charge in [-0.05, 0) is 24.6 Å². The van der Waals surface area contributed by atoms with Crippen LogP contribution in [0.2, 0.25) is 0 Å². The highest BCUT2D eigenvalue weighted by atomic mass is 19.1. The molecule has 1 aromatic carbocycles. The van der Waals surface area contributed by atoms with Crippen molar-refractivity contribution in [1.82, 2.24) is 24.2 Å². The van der Waals surface area contributed by atoms with Crippen LogP contribution in [0, 0.1) is 5.82 Å². The molecule has 0 bridgehead atoms. The zero-order chi connectivity index (χ0) is 17.6. The molecule has 0 N–H and O–H groups in total. The van der Waals surface area contributed by atoms with Crippen LogP contribution in [-0.4, -0.2) is 30.8 Å². The van der Waals surface area contributed by atoms with Gasteiger partial charge >= 0.3 is 0 Å². The van der Waals surface area contributed by atoms with E-state index in [1.54, 1.807) is 19.2 Å². The van der Waals surface area contributed by atoms with E-state index in [1.807, 2.05) is 0 Å². The van der Waals surface area contributed by atoms with Crippen molar-refractivity contribution in [2.75, 3.05) is 6.54 Å². The molecular weight excluding hydrogens is 321 g/mol. The summed E-state index contributed by atoms with van der Waals surface area (Å²) in [6.07, 6.45) is 0.810. The van der Waals surface area contributed by atoms with Gasteiger partial charge in [0.1, 0.15) is 11.6 Å². The molecule has 6 nitrogen and oxygen atoms in total. The van der Waals surface area contributed by atoms with Crippen LogP contribution in [0.4, 0.5) is 4.39 Å². The third kappa shape index (κ3) is 2.84. The summed E-state index contributed by atoms with van der Waals surface area (Å²) in [5, 5.41) is 4.35. The number of hydrogen-bond donors (Lipinski definition) is 0. The number of nitrogens with zero attached hydrogens (tertiary/aromatic N) is 5. The van der Waals surface area contributed by atoms with Crippen molar-refractivity contribution >= 4 is 11.0 Å². The smallest absolute Gasteiger partial charge is 0.266 e. The van der Waals surface area contributed by atoms with Gasteiger partial charge in [-0.15, -0.1) is 0 Å². The lowest BCUT2D eigenvalue weighted by Gasteiger charge is -2.27. The molecule has 0 fully saturated rings. The van der Waals surface area contributed by atoms with Crippen LogP contribution in [-0.2, 0) is 33.1 Å². The van der Waals surface area contributed by atoms with E-state index in [0.29, 0.717) is 18.6 Å². The third-order valence-electron chi connectivity index (χ3n) is 4.79. The van der Waals surface area contributed by atoms with Crippen LogP contribution < -0.4 is 5.56 Å². The molecule has 3 heterocycles. The Morgan fingerprint density at radius 2 is 2.12 bits per heavy atom. The average Bonchev–Trinajstić information content (AvgIpc) is 2.92. The fraction of sp³-hybridized carbons (Fsp3) is 0.389. The van der Waals surface area contributed by atoms with E-state index < -0.39 is 0 Å². The number of hydrogen-bond acceptors (Lipinski definition) is 4. The molecule has 0 saturated heterocycles. The van der Waals surface area contributed by atoms with Gasteiger partial charge in [0.15, 0.2) is 0 Å². The molecule has 0 unspecified atom stereocenters. The van der Waals surface area contributed by atoms with E-state index in [4.69, 9.17) is 0 Å². The van der Waals surface area contributed by atoms with Crippen LogP contribution in [0.3, 0.4) is 0 Å². The van der Waals surface area contributed by atoms with Crippen LogP contribution in [0.15, 0.2) is 29.1 Å². The number of imidazole rings is 1. The van der Waals surface area contributed by atoms with Gasteiger partial charge < -0.3 is 4.57 Å². The van der Waals surface area contributed by atoms with Crippen LogP contribution in [0.1, 0.15) is 24.0 Å². The van der Waals surface area contributed by atoms with Gasteiger partial charge in [0.05, 0.1) is 23.3 Å². The van der Waals surface area contributed by atoms with Crippen molar-refractivity contribution < 1.29 is 4.39 Å². The summed E-state index contributed by atoms with van der Waals surface area (Å²) in [4.78, 5) is 18.7. The SMILES string of the molecule is CCn1c(CN2CCc3nn(C)c(=O)cc3C2)nc2cc(F)ccc21. The Hall–Kier alpha value is -2.54. The van der Waals surface area contributed by atoms with Crippen molar-refractivity contribution in [3.8, 4) is 0 Å². The normalized spacial score (nSPS) is 14.8. The van der Waals surface area contributed by atoms with E-state index in [-0.39, 0.29) is 11.4 Å². The lowest BCUT2D eigenvalue weighted by Crippen LogP contribution is -2.34. The molecule has 0 aliphatic carbocycles. The van der Waals surface area contributed by atoms with Crippen molar-refractivity contribution in [1.29, 1.82) is 0 Å².